The van der Waals surface area contributed by atoms with Gasteiger partial charge in [0.1, 0.15) is 12.5 Å². The van der Waals surface area contributed by atoms with Crippen LogP contribution in [0.2, 0.25) is 0 Å². The molecule has 5 heteroatoms. The normalized spacial score (nSPS) is 24.5. The lowest BCUT2D eigenvalue weighted by molar-refractivity contribution is -0.258. The van der Waals surface area contributed by atoms with E-state index in [1.165, 1.54) is 0 Å². The molecule has 0 radical (unpaired) electrons. The molecule has 0 amide bonds. The van der Waals surface area contributed by atoms with E-state index < -0.39 is 11.7 Å². The second-order valence-corrected chi connectivity index (χ2v) is 5.41. The summed E-state index contributed by atoms with van der Waals surface area (Å²) >= 11 is 0. The zero-order valence-corrected chi connectivity index (χ0v) is 12.6. The number of carbonyl (C=O) groups is 1. The largest absolute Gasteiger partial charge is 0.460 e. The fourth-order valence-corrected chi connectivity index (χ4v) is 2.87. The van der Waals surface area contributed by atoms with Gasteiger partial charge in [-0.3, -0.25) is 4.79 Å². The lowest BCUT2D eigenvalue weighted by atomic mass is 9.80. The van der Waals surface area contributed by atoms with E-state index in [4.69, 9.17) is 19.9 Å². The van der Waals surface area contributed by atoms with E-state index in [2.05, 4.69) is 0 Å². The van der Waals surface area contributed by atoms with E-state index in [0.717, 1.165) is 12.0 Å². The molecular formula is C16H23NO4. The van der Waals surface area contributed by atoms with E-state index in [-0.39, 0.29) is 18.6 Å². The number of methoxy groups -OCH3 is 2. The zero-order chi connectivity index (χ0) is 15.3. The average molecular weight is 293 g/mol. The highest BCUT2D eigenvalue weighted by Gasteiger charge is 2.48. The molecule has 1 aliphatic rings. The van der Waals surface area contributed by atoms with Crippen LogP contribution >= 0.6 is 0 Å². The summed E-state index contributed by atoms with van der Waals surface area (Å²) in [5, 5.41) is 0. The number of carbonyl (C=O) groups excluding carboxylic acids is 1. The number of esters is 1. The highest BCUT2D eigenvalue weighted by Crippen LogP contribution is 2.37. The molecule has 0 aromatic heterocycles. The van der Waals surface area contributed by atoms with Crippen molar-refractivity contribution in [3.8, 4) is 0 Å². The van der Waals surface area contributed by atoms with E-state index in [0.29, 0.717) is 12.8 Å². The maximum atomic E-state index is 12.4. The minimum Gasteiger partial charge on any atom is -0.460 e. The number of nitrogens with two attached hydrogens (primary N) is 1. The second kappa shape index (κ2) is 7.02. The van der Waals surface area contributed by atoms with Crippen molar-refractivity contribution < 1.29 is 19.0 Å². The summed E-state index contributed by atoms with van der Waals surface area (Å²) in [6.45, 7) is 0.256. The Labute approximate surface area is 125 Å². The van der Waals surface area contributed by atoms with Gasteiger partial charge in [0.15, 0.2) is 5.79 Å². The number of hydrogen-bond acceptors (Lipinski definition) is 5. The number of benzene rings is 1. The Bertz CT molecular complexity index is 459. The Morgan fingerprint density at radius 1 is 1.24 bits per heavy atom. The molecule has 0 spiro atoms. The van der Waals surface area contributed by atoms with Crippen LogP contribution in [0.3, 0.4) is 0 Å². The lowest BCUT2D eigenvalue weighted by Gasteiger charge is -2.42. The van der Waals surface area contributed by atoms with Gasteiger partial charge in [0.05, 0.1) is 0 Å². The molecule has 21 heavy (non-hydrogen) atoms. The monoisotopic (exact) mass is 293 g/mol. The van der Waals surface area contributed by atoms with Crippen LogP contribution in [0.15, 0.2) is 30.3 Å². The smallest absolute Gasteiger partial charge is 0.314 e. The minimum atomic E-state index is -0.981. The van der Waals surface area contributed by atoms with E-state index in [9.17, 15) is 4.79 Å². The molecule has 0 heterocycles. The van der Waals surface area contributed by atoms with Crippen LogP contribution < -0.4 is 5.73 Å². The molecule has 1 fully saturated rings. The maximum Gasteiger partial charge on any atom is 0.314 e. The molecule has 1 aromatic rings. The third-order valence-electron chi connectivity index (χ3n) is 4.10. The fraction of sp³-hybridized carbons (Fsp3) is 0.562. The summed E-state index contributed by atoms with van der Waals surface area (Å²) < 4.78 is 16.4. The molecular weight excluding hydrogens is 270 g/mol. The van der Waals surface area contributed by atoms with Crippen molar-refractivity contribution in [3.63, 3.8) is 0 Å². The summed E-state index contributed by atoms with van der Waals surface area (Å²) in [5.74, 6) is -1.73. The van der Waals surface area contributed by atoms with Gasteiger partial charge in [-0.1, -0.05) is 30.3 Å². The molecule has 0 aliphatic heterocycles. The predicted molar refractivity (Wildman–Crippen MR) is 78.3 cm³/mol. The Morgan fingerprint density at radius 2 is 1.90 bits per heavy atom. The van der Waals surface area contributed by atoms with Crippen LogP contribution in [0.4, 0.5) is 0 Å². The average Bonchev–Trinajstić information content (AvgIpc) is 2.53. The molecule has 2 N–H and O–H groups in total. The van der Waals surface area contributed by atoms with Crippen molar-refractivity contribution in [2.45, 2.75) is 37.7 Å². The SMILES string of the molecule is COC1(OC)CC(N)CCC1C(=O)OCc1ccccc1. The number of hydrogen-bond donors (Lipinski definition) is 1. The predicted octanol–water partition coefficient (Wildman–Crippen LogP) is 1.85. The van der Waals surface area contributed by atoms with Crippen LogP contribution in [0.5, 0.6) is 0 Å². The van der Waals surface area contributed by atoms with Gasteiger partial charge in [0.25, 0.3) is 0 Å². The van der Waals surface area contributed by atoms with Gasteiger partial charge >= 0.3 is 5.97 Å². The van der Waals surface area contributed by atoms with E-state index >= 15 is 0 Å². The molecule has 2 rings (SSSR count). The van der Waals surface area contributed by atoms with Crippen LogP contribution in [0.1, 0.15) is 24.8 Å². The second-order valence-electron chi connectivity index (χ2n) is 5.41. The van der Waals surface area contributed by atoms with Gasteiger partial charge in [-0.25, -0.2) is 0 Å². The Hall–Kier alpha value is -1.43. The van der Waals surface area contributed by atoms with Gasteiger partial charge in [0.2, 0.25) is 0 Å². The maximum absolute atomic E-state index is 12.4. The van der Waals surface area contributed by atoms with Crippen molar-refractivity contribution in [3.05, 3.63) is 35.9 Å². The third-order valence-corrected chi connectivity index (χ3v) is 4.10. The lowest BCUT2D eigenvalue weighted by Crippen LogP contribution is -2.53. The first kappa shape index (κ1) is 15.9. The summed E-state index contributed by atoms with van der Waals surface area (Å²) in [4.78, 5) is 12.4. The van der Waals surface area contributed by atoms with Crippen LogP contribution in [0.25, 0.3) is 0 Å². The van der Waals surface area contributed by atoms with Gasteiger partial charge in [-0.2, -0.15) is 0 Å². The number of ether oxygens (including phenoxy) is 3. The minimum absolute atomic E-state index is 0.0249. The standard InChI is InChI=1S/C16H23NO4/c1-19-16(20-2)10-13(17)8-9-14(16)15(18)21-11-12-6-4-3-5-7-12/h3-7,13-14H,8-11,17H2,1-2H3. The van der Waals surface area contributed by atoms with Crippen molar-refractivity contribution in [1.29, 1.82) is 0 Å². The van der Waals surface area contributed by atoms with Crippen LogP contribution in [-0.2, 0) is 25.6 Å². The van der Waals surface area contributed by atoms with Gasteiger partial charge in [-0.05, 0) is 18.4 Å². The summed E-state index contributed by atoms with van der Waals surface area (Å²) in [5.41, 5.74) is 6.93. The molecule has 0 bridgehead atoms. The Balaban J connectivity index is 2.02. The van der Waals surface area contributed by atoms with Gasteiger partial charge in [-0.15, -0.1) is 0 Å². The Kier molecular flexibility index (Phi) is 5.33. The van der Waals surface area contributed by atoms with E-state index in [1.54, 1.807) is 14.2 Å². The first-order chi connectivity index (χ1) is 10.1. The molecule has 1 aliphatic carbocycles. The molecule has 5 nitrogen and oxygen atoms in total. The topological polar surface area (TPSA) is 70.8 Å². The fourth-order valence-electron chi connectivity index (χ4n) is 2.87. The molecule has 1 aromatic carbocycles. The molecule has 116 valence electrons. The quantitative estimate of drug-likeness (QED) is 0.662. The summed E-state index contributed by atoms with van der Waals surface area (Å²) in [6.07, 6.45) is 1.86. The van der Waals surface area contributed by atoms with Crippen molar-refractivity contribution >= 4 is 5.97 Å². The van der Waals surface area contributed by atoms with Crippen molar-refractivity contribution in [2.24, 2.45) is 11.7 Å². The molecule has 0 saturated heterocycles. The van der Waals surface area contributed by atoms with Crippen LogP contribution in [-0.4, -0.2) is 32.0 Å². The highest BCUT2D eigenvalue weighted by molar-refractivity contribution is 5.74. The van der Waals surface area contributed by atoms with Gasteiger partial charge < -0.3 is 19.9 Å². The molecule has 1 saturated carbocycles. The number of rotatable bonds is 5. The summed E-state index contributed by atoms with van der Waals surface area (Å²) in [7, 11) is 3.08. The molecule has 2 atom stereocenters. The zero-order valence-electron chi connectivity index (χ0n) is 12.6. The van der Waals surface area contributed by atoms with Crippen LogP contribution in [0, 0.1) is 5.92 Å². The first-order valence-corrected chi connectivity index (χ1v) is 7.17. The van der Waals surface area contributed by atoms with Crippen molar-refractivity contribution in [1.82, 2.24) is 0 Å². The summed E-state index contributed by atoms with van der Waals surface area (Å²) in [6, 6.07) is 9.57. The molecule has 2 unspecified atom stereocenters. The van der Waals surface area contributed by atoms with Gasteiger partial charge in [0, 0.05) is 26.7 Å². The first-order valence-electron chi connectivity index (χ1n) is 7.17. The van der Waals surface area contributed by atoms with E-state index in [1.807, 2.05) is 30.3 Å². The highest BCUT2D eigenvalue weighted by atomic mass is 16.7. The third kappa shape index (κ3) is 3.61. The Morgan fingerprint density at radius 3 is 2.52 bits per heavy atom. The van der Waals surface area contributed by atoms with Crippen molar-refractivity contribution in [2.75, 3.05) is 14.2 Å².